The molecule has 1 rings (SSSR count). The highest BCUT2D eigenvalue weighted by Gasteiger charge is 2.22. The lowest BCUT2D eigenvalue weighted by Gasteiger charge is -2.22. The molecule has 25 heavy (non-hydrogen) atoms. The van der Waals surface area contributed by atoms with Gasteiger partial charge in [0.1, 0.15) is 23.0 Å². The van der Waals surface area contributed by atoms with E-state index in [2.05, 4.69) is 0 Å². The SMILES string of the molecule is CCSc1ccc(C(=O)OC)c(OCCC(N)C(=O)OC(C)(C)C)c1. The topological polar surface area (TPSA) is 87.9 Å². The molecule has 0 aliphatic rings. The third-order valence-corrected chi connectivity index (χ3v) is 3.94. The summed E-state index contributed by atoms with van der Waals surface area (Å²) in [7, 11) is 1.32. The lowest BCUT2D eigenvalue weighted by Crippen LogP contribution is -2.38. The summed E-state index contributed by atoms with van der Waals surface area (Å²) in [4.78, 5) is 24.7. The van der Waals surface area contributed by atoms with Gasteiger partial charge in [0.2, 0.25) is 0 Å². The molecule has 1 aromatic carbocycles. The molecular weight excluding hydrogens is 342 g/mol. The van der Waals surface area contributed by atoms with E-state index < -0.39 is 23.6 Å². The normalized spacial score (nSPS) is 12.4. The van der Waals surface area contributed by atoms with E-state index in [0.717, 1.165) is 10.6 Å². The van der Waals surface area contributed by atoms with Crippen LogP contribution in [0, 0.1) is 0 Å². The van der Waals surface area contributed by atoms with Crippen molar-refractivity contribution in [2.45, 2.75) is 50.7 Å². The Hall–Kier alpha value is -1.73. The smallest absolute Gasteiger partial charge is 0.341 e. The number of hydrogen-bond donors (Lipinski definition) is 1. The molecule has 0 bridgehead atoms. The summed E-state index contributed by atoms with van der Waals surface area (Å²) in [6.07, 6.45) is 0.278. The summed E-state index contributed by atoms with van der Waals surface area (Å²) >= 11 is 1.64. The molecule has 0 heterocycles. The molecular formula is C18H27NO5S. The van der Waals surface area contributed by atoms with Crippen LogP contribution in [-0.4, -0.2) is 43.1 Å². The van der Waals surface area contributed by atoms with E-state index in [-0.39, 0.29) is 13.0 Å². The van der Waals surface area contributed by atoms with E-state index in [4.69, 9.17) is 19.9 Å². The van der Waals surface area contributed by atoms with Crippen molar-refractivity contribution in [3.05, 3.63) is 23.8 Å². The standard InChI is InChI=1S/C18H27NO5S/c1-6-25-12-7-8-13(16(20)22-5)15(11-12)23-10-9-14(19)17(21)24-18(2,3)4/h7-8,11,14H,6,9-10,19H2,1-5H3. The predicted octanol–water partition coefficient (Wildman–Crippen LogP) is 3.02. The molecule has 140 valence electrons. The highest BCUT2D eigenvalue weighted by atomic mass is 32.2. The average molecular weight is 369 g/mol. The first-order valence-electron chi connectivity index (χ1n) is 8.14. The number of hydrogen-bond acceptors (Lipinski definition) is 7. The fourth-order valence-electron chi connectivity index (χ4n) is 1.95. The molecule has 0 aliphatic carbocycles. The van der Waals surface area contributed by atoms with E-state index in [1.165, 1.54) is 7.11 Å². The van der Waals surface area contributed by atoms with Gasteiger partial charge in [-0.3, -0.25) is 4.79 Å². The van der Waals surface area contributed by atoms with Crippen LogP contribution in [0.4, 0.5) is 0 Å². The Morgan fingerprint density at radius 3 is 2.52 bits per heavy atom. The van der Waals surface area contributed by atoms with Crippen molar-refractivity contribution in [1.82, 2.24) is 0 Å². The van der Waals surface area contributed by atoms with Gasteiger partial charge in [-0.25, -0.2) is 4.79 Å². The minimum atomic E-state index is -0.783. The van der Waals surface area contributed by atoms with Gasteiger partial charge in [-0.1, -0.05) is 6.92 Å². The number of benzene rings is 1. The molecule has 2 N–H and O–H groups in total. The van der Waals surface area contributed by atoms with Gasteiger partial charge in [0.25, 0.3) is 0 Å². The molecule has 0 saturated carbocycles. The fourth-order valence-corrected chi connectivity index (χ4v) is 2.64. The van der Waals surface area contributed by atoms with Crippen LogP contribution in [0.15, 0.2) is 23.1 Å². The van der Waals surface area contributed by atoms with Gasteiger partial charge < -0.3 is 19.9 Å². The molecule has 6 nitrogen and oxygen atoms in total. The summed E-state index contributed by atoms with van der Waals surface area (Å²) < 4.78 is 15.7. The first-order chi connectivity index (χ1) is 11.7. The predicted molar refractivity (Wildman–Crippen MR) is 98.1 cm³/mol. The first-order valence-corrected chi connectivity index (χ1v) is 9.13. The lowest BCUT2D eigenvalue weighted by atomic mass is 10.1. The second-order valence-electron chi connectivity index (χ2n) is 6.36. The Kier molecular flexibility index (Phi) is 8.25. The Labute approximate surface area is 153 Å². The van der Waals surface area contributed by atoms with Gasteiger partial charge in [-0.15, -0.1) is 11.8 Å². The maximum Gasteiger partial charge on any atom is 0.341 e. The summed E-state index contributed by atoms with van der Waals surface area (Å²) in [5.41, 5.74) is 5.60. The van der Waals surface area contributed by atoms with Crippen molar-refractivity contribution in [1.29, 1.82) is 0 Å². The summed E-state index contributed by atoms with van der Waals surface area (Å²) in [6.45, 7) is 7.58. The van der Waals surface area contributed by atoms with Gasteiger partial charge in [-0.05, 0) is 44.7 Å². The van der Waals surface area contributed by atoms with Gasteiger partial charge in [0, 0.05) is 11.3 Å². The number of thioether (sulfide) groups is 1. The second kappa shape index (κ2) is 9.68. The highest BCUT2D eigenvalue weighted by molar-refractivity contribution is 7.99. The second-order valence-corrected chi connectivity index (χ2v) is 7.70. The summed E-state index contributed by atoms with van der Waals surface area (Å²) in [6, 6.07) is 4.53. The highest BCUT2D eigenvalue weighted by Crippen LogP contribution is 2.27. The van der Waals surface area contributed by atoms with Crippen LogP contribution in [0.25, 0.3) is 0 Å². The minimum absolute atomic E-state index is 0.185. The first kappa shape index (κ1) is 21.3. The zero-order chi connectivity index (χ0) is 19.0. The molecule has 0 spiro atoms. The number of nitrogens with two attached hydrogens (primary N) is 1. The van der Waals surface area contributed by atoms with Crippen LogP contribution < -0.4 is 10.5 Å². The molecule has 1 aromatic rings. The number of carbonyl (C=O) groups is 2. The Morgan fingerprint density at radius 2 is 1.96 bits per heavy atom. The lowest BCUT2D eigenvalue weighted by molar-refractivity contribution is -0.156. The molecule has 0 radical (unpaired) electrons. The van der Waals surface area contributed by atoms with Gasteiger partial charge in [0.05, 0.1) is 13.7 Å². The average Bonchev–Trinajstić information content (AvgIpc) is 2.53. The molecule has 7 heteroatoms. The van der Waals surface area contributed by atoms with Crippen molar-refractivity contribution in [3.8, 4) is 5.75 Å². The van der Waals surface area contributed by atoms with Gasteiger partial charge >= 0.3 is 11.9 Å². The minimum Gasteiger partial charge on any atom is -0.493 e. The van der Waals surface area contributed by atoms with Crippen LogP contribution in [0.3, 0.4) is 0 Å². The Balaban J connectivity index is 2.73. The molecule has 0 aliphatic heterocycles. The number of ether oxygens (including phenoxy) is 3. The zero-order valence-electron chi connectivity index (χ0n) is 15.5. The molecule has 0 aromatic heterocycles. The van der Waals surface area contributed by atoms with E-state index in [1.807, 2.05) is 13.0 Å². The quantitative estimate of drug-likeness (QED) is 0.556. The third kappa shape index (κ3) is 7.36. The van der Waals surface area contributed by atoms with Crippen molar-refractivity contribution in [2.75, 3.05) is 19.5 Å². The van der Waals surface area contributed by atoms with Crippen molar-refractivity contribution in [2.24, 2.45) is 5.73 Å². The van der Waals surface area contributed by atoms with Crippen LogP contribution in [-0.2, 0) is 14.3 Å². The van der Waals surface area contributed by atoms with Crippen molar-refractivity contribution >= 4 is 23.7 Å². The molecule has 0 amide bonds. The van der Waals surface area contributed by atoms with E-state index in [9.17, 15) is 9.59 Å². The van der Waals surface area contributed by atoms with Crippen LogP contribution >= 0.6 is 11.8 Å². The molecule has 0 saturated heterocycles. The number of rotatable bonds is 8. The van der Waals surface area contributed by atoms with Crippen LogP contribution in [0.2, 0.25) is 0 Å². The monoisotopic (exact) mass is 369 g/mol. The maximum atomic E-state index is 11.9. The van der Waals surface area contributed by atoms with Gasteiger partial charge in [0.15, 0.2) is 0 Å². The fraction of sp³-hybridized carbons (Fsp3) is 0.556. The summed E-state index contributed by atoms with van der Waals surface area (Å²) in [5, 5.41) is 0. The van der Waals surface area contributed by atoms with Crippen molar-refractivity contribution < 1.29 is 23.8 Å². The number of carbonyl (C=O) groups excluding carboxylic acids is 2. The van der Waals surface area contributed by atoms with Gasteiger partial charge in [-0.2, -0.15) is 0 Å². The van der Waals surface area contributed by atoms with E-state index in [1.54, 1.807) is 44.7 Å². The Morgan fingerprint density at radius 1 is 1.28 bits per heavy atom. The van der Waals surface area contributed by atoms with E-state index in [0.29, 0.717) is 11.3 Å². The summed E-state index contributed by atoms with van der Waals surface area (Å²) in [5.74, 6) is 0.376. The molecule has 0 fully saturated rings. The molecule has 1 unspecified atom stereocenters. The maximum absolute atomic E-state index is 11.9. The number of esters is 2. The largest absolute Gasteiger partial charge is 0.493 e. The zero-order valence-corrected chi connectivity index (χ0v) is 16.3. The number of methoxy groups -OCH3 is 1. The van der Waals surface area contributed by atoms with E-state index >= 15 is 0 Å². The van der Waals surface area contributed by atoms with Crippen molar-refractivity contribution in [3.63, 3.8) is 0 Å². The Bertz CT molecular complexity index is 598. The third-order valence-electron chi connectivity index (χ3n) is 3.07. The van der Waals surface area contributed by atoms with Crippen LogP contribution in [0.1, 0.15) is 44.5 Å². The van der Waals surface area contributed by atoms with Crippen LogP contribution in [0.5, 0.6) is 5.75 Å². The molecule has 1 atom stereocenters.